The van der Waals surface area contributed by atoms with Gasteiger partial charge in [0.25, 0.3) is 5.91 Å². The van der Waals surface area contributed by atoms with Gasteiger partial charge >= 0.3 is 0 Å². The topological polar surface area (TPSA) is 50.8 Å². The molecule has 1 amide bonds. The van der Waals surface area contributed by atoms with Crippen LogP contribution in [0.5, 0.6) is 11.5 Å². The number of benzene rings is 1. The SMILES string of the molecule is CC1NCCN(C(=O)c2cc(Br)c3c(c2)OCO3)C1C.Cl. The normalized spacial score (nSPS) is 23.7. The molecule has 0 spiro atoms. The molecule has 2 heterocycles. The quantitative estimate of drug-likeness (QED) is 0.817. The molecule has 7 heteroatoms. The van der Waals surface area contributed by atoms with Crippen molar-refractivity contribution in [3.8, 4) is 11.5 Å². The van der Waals surface area contributed by atoms with Gasteiger partial charge in [-0.05, 0) is 41.9 Å². The highest BCUT2D eigenvalue weighted by molar-refractivity contribution is 9.10. The molecule has 2 aliphatic heterocycles. The van der Waals surface area contributed by atoms with Crippen molar-refractivity contribution >= 4 is 34.2 Å². The van der Waals surface area contributed by atoms with E-state index in [4.69, 9.17) is 9.47 Å². The Hall–Kier alpha value is -0.980. The lowest BCUT2D eigenvalue weighted by molar-refractivity contribution is 0.0602. The Morgan fingerprint density at radius 1 is 1.38 bits per heavy atom. The van der Waals surface area contributed by atoms with Gasteiger partial charge in [-0.15, -0.1) is 12.4 Å². The molecule has 5 nitrogen and oxygen atoms in total. The molecule has 21 heavy (non-hydrogen) atoms. The monoisotopic (exact) mass is 376 g/mol. The van der Waals surface area contributed by atoms with Gasteiger partial charge in [-0.2, -0.15) is 0 Å². The van der Waals surface area contributed by atoms with E-state index in [0.717, 1.165) is 17.6 Å². The Balaban J connectivity index is 0.00000161. The molecule has 2 atom stereocenters. The largest absolute Gasteiger partial charge is 0.454 e. The van der Waals surface area contributed by atoms with Gasteiger partial charge in [0.1, 0.15) is 0 Å². The predicted octanol–water partition coefficient (Wildman–Crippen LogP) is 2.42. The van der Waals surface area contributed by atoms with E-state index in [1.54, 1.807) is 12.1 Å². The van der Waals surface area contributed by atoms with Crippen molar-refractivity contribution in [1.82, 2.24) is 10.2 Å². The summed E-state index contributed by atoms with van der Waals surface area (Å²) in [5, 5.41) is 3.37. The molecule has 0 aromatic heterocycles. The van der Waals surface area contributed by atoms with E-state index < -0.39 is 0 Å². The maximum atomic E-state index is 12.7. The molecule has 2 aliphatic rings. The maximum Gasteiger partial charge on any atom is 0.254 e. The molecule has 0 bridgehead atoms. The molecule has 0 saturated carbocycles. The number of hydrogen-bond acceptors (Lipinski definition) is 4. The summed E-state index contributed by atoms with van der Waals surface area (Å²) >= 11 is 3.43. The van der Waals surface area contributed by atoms with E-state index in [1.165, 1.54) is 0 Å². The number of halogens is 2. The van der Waals surface area contributed by atoms with Crippen molar-refractivity contribution in [2.75, 3.05) is 19.9 Å². The number of amides is 1. The maximum absolute atomic E-state index is 12.7. The number of rotatable bonds is 1. The first-order valence-corrected chi connectivity index (χ1v) is 7.50. The van der Waals surface area contributed by atoms with Gasteiger partial charge in [-0.3, -0.25) is 4.79 Å². The van der Waals surface area contributed by atoms with E-state index in [1.807, 2.05) is 4.90 Å². The Kier molecular flexibility index (Phi) is 5.01. The van der Waals surface area contributed by atoms with Crippen LogP contribution in [0.25, 0.3) is 0 Å². The minimum atomic E-state index is 0. The molecular weight excluding hydrogens is 360 g/mol. The lowest BCUT2D eigenvalue weighted by Gasteiger charge is -2.38. The van der Waals surface area contributed by atoms with Gasteiger partial charge in [-0.25, -0.2) is 0 Å². The second-order valence-electron chi connectivity index (χ2n) is 5.17. The highest BCUT2D eigenvalue weighted by Gasteiger charge is 2.30. The van der Waals surface area contributed by atoms with Crippen molar-refractivity contribution in [3.63, 3.8) is 0 Å². The molecule has 1 aromatic carbocycles. The third-order valence-electron chi connectivity index (χ3n) is 3.97. The molecule has 0 radical (unpaired) electrons. The van der Waals surface area contributed by atoms with Crippen LogP contribution in [-0.2, 0) is 0 Å². The smallest absolute Gasteiger partial charge is 0.254 e. The summed E-state index contributed by atoms with van der Waals surface area (Å²) in [6, 6.07) is 4.02. The molecule has 1 fully saturated rings. The van der Waals surface area contributed by atoms with E-state index in [9.17, 15) is 4.79 Å². The number of hydrogen-bond donors (Lipinski definition) is 1. The number of nitrogens with one attached hydrogen (secondary N) is 1. The highest BCUT2D eigenvalue weighted by Crippen LogP contribution is 2.40. The standard InChI is InChI=1S/C14H17BrN2O3.ClH/c1-8-9(2)17(4-3-16-8)14(18)10-5-11(15)13-12(6-10)19-7-20-13;/h5-6,8-9,16H,3-4,7H2,1-2H3;1H. The molecule has 116 valence electrons. The second-order valence-corrected chi connectivity index (χ2v) is 6.03. The Bertz CT molecular complexity index is 555. The fourth-order valence-electron chi connectivity index (χ4n) is 2.60. The van der Waals surface area contributed by atoms with Crippen LogP contribution in [-0.4, -0.2) is 42.8 Å². The van der Waals surface area contributed by atoms with Crippen LogP contribution in [0.4, 0.5) is 0 Å². The van der Waals surface area contributed by atoms with Crippen LogP contribution in [0.3, 0.4) is 0 Å². The summed E-state index contributed by atoms with van der Waals surface area (Å²) in [5.41, 5.74) is 0.627. The molecule has 3 rings (SSSR count). The van der Waals surface area contributed by atoms with Crippen LogP contribution in [0.1, 0.15) is 24.2 Å². The average molecular weight is 378 g/mol. The molecule has 0 aliphatic carbocycles. The first-order chi connectivity index (χ1) is 9.58. The zero-order chi connectivity index (χ0) is 14.3. The van der Waals surface area contributed by atoms with Gasteiger partial charge in [0.2, 0.25) is 6.79 Å². The van der Waals surface area contributed by atoms with Crippen molar-refractivity contribution < 1.29 is 14.3 Å². The Labute approximate surface area is 138 Å². The second kappa shape index (κ2) is 6.42. The van der Waals surface area contributed by atoms with Gasteiger partial charge in [0.05, 0.1) is 4.47 Å². The number of ether oxygens (including phenoxy) is 2. The predicted molar refractivity (Wildman–Crippen MR) is 85.5 cm³/mol. The number of carbonyl (C=O) groups is 1. The van der Waals surface area contributed by atoms with E-state index in [2.05, 4.69) is 35.1 Å². The van der Waals surface area contributed by atoms with Crippen molar-refractivity contribution in [2.45, 2.75) is 25.9 Å². The Morgan fingerprint density at radius 3 is 2.90 bits per heavy atom. The number of nitrogens with zero attached hydrogens (tertiary/aromatic N) is 1. The minimum absolute atomic E-state index is 0. The fourth-order valence-corrected chi connectivity index (χ4v) is 3.16. The van der Waals surface area contributed by atoms with E-state index in [0.29, 0.717) is 23.1 Å². The van der Waals surface area contributed by atoms with Crippen LogP contribution < -0.4 is 14.8 Å². The summed E-state index contributed by atoms with van der Waals surface area (Å²) in [4.78, 5) is 14.6. The van der Waals surface area contributed by atoms with Gasteiger partial charge in [0, 0.05) is 30.7 Å². The fraction of sp³-hybridized carbons (Fsp3) is 0.500. The van der Waals surface area contributed by atoms with Crippen molar-refractivity contribution in [2.24, 2.45) is 0 Å². The summed E-state index contributed by atoms with van der Waals surface area (Å²) in [7, 11) is 0. The number of piperazine rings is 1. The van der Waals surface area contributed by atoms with Gasteiger partial charge < -0.3 is 19.7 Å². The van der Waals surface area contributed by atoms with E-state index >= 15 is 0 Å². The molecular formula is C14H18BrClN2O3. The van der Waals surface area contributed by atoms with Crippen LogP contribution in [0.2, 0.25) is 0 Å². The average Bonchev–Trinajstić information content (AvgIpc) is 2.90. The van der Waals surface area contributed by atoms with Crippen molar-refractivity contribution in [1.29, 1.82) is 0 Å². The summed E-state index contributed by atoms with van der Waals surface area (Å²) in [6.45, 7) is 5.91. The minimum Gasteiger partial charge on any atom is -0.454 e. The van der Waals surface area contributed by atoms with Crippen LogP contribution >= 0.6 is 28.3 Å². The zero-order valence-corrected chi connectivity index (χ0v) is 14.3. The zero-order valence-electron chi connectivity index (χ0n) is 11.9. The molecule has 1 N–H and O–H groups in total. The highest BCUT2D eigenvalue weighted by atomic mass is 79.9. The summed E-state index contributed by atoms with van der Waals surface area (Å²) in [5.74, 6) is 1.33. The van der Waals surface area contributed by atoms with Gasteiger partial charge in [0.15, 0.2) is 11.5 Å². The third kappa shape index (κ3) is 2.98. The Morgan fingerprint density at radius 2 is 2.14 bits per heavy atom. The van der Waals surface area contributed by atoms with Gasteiger partial charge in [-0.1, -0.05) is 0 Å². The summed E-state index contributed by atoms with van der Waals surface area (Å²) < 4.78 is 11.5. The first-order valence-electron chi connectivity index (χ1n) is 6.71. The lowest BCUT2D eigenvalue weighted by atomic mass is 10.1. The lowest BCUT2D eigenvalue weighted by Crippen LogP contribution is -2.57. The molecule has 2 unspecified atom stereocenters. The number of fused-ring (bicyclic) bond motifs is 1. The van der Waals surface area contributed by atoms with Crippen LogP contribution in [0, 0.1) is 0 Å². The number of carbonyl (C=O) groups excluding carboxylic acids is 1. The molecule has 1 saturated heterocycles. The summed E-state index contributed by atoms with van der Waals surface area (Å²) in [6.07, 6.45) is 0. The van der Waals surface area contributed by atoms with Crippen LogP contribution in [0.15, 0.2) is 16.6 Å². The third-order valence-corrected chi connectivity index (χ3v) is 4.56. The molecule has 1 aromatic rings. The van der Waals surface area contributed by atoms with Crippen molar-refractivity contribution in [3.05, 3.63) is 22.2 Å². The van der Waals surface area contributed by atoms with E-state index in [-0.39, 0.29) is 31.1 Å². The first kappa shape index (κ1) is 16.4.